The number of fused-ring (bicyclic) bond motifs is 7. The van der Waals surface area contributed by atoms with E-state index < -0.39 is 0 Å². The summed E-state index contributed by atoms with van der Waals surface area (Å²) in [5.41, 5.74) is 13.5. The molecule has 0 saturated heterocycles. The van der Waals surface area contributed by atoms with Crippen molar-refractivity contribution in [1.82, 2.24) is 0 Å². The predicted molar refractivity (Wildman–Crippen MR) is 267 cm³/mol. The number of nitrogens with zero attached hydrogens (tertiary/aromatic N) is 1. The molecular formula is C61H41NO. The molecule has 0 atom stereocenters. The van der Waals surface area contributed by atoms with E-state index in [2.05, 4.69) is 230 Å². The fourth-order valence-corrected chi connectivity index (χ4v) is 9.71. The molecule has 0 unspecified atom stereocenters. The van der Waals surface area contributed by atoms with Crippen LogP contribution in [0.1, 0.15) is 5.56 Å². The fraction of sp³-hybridized carbons (Fsp3) is 0.0164. The third kappa shape index (κ3) is 6.35. The van der Waals surface area contributed by atoms with Gasteiger partial charge in [-0.15, -0.1) is 0 Å². The second kappa shape index (κ2) is 15.1. The van der Waals surface area contributed by atoms with Gasteiger partial charge < -0.3 is 9.32 Å². The van der Waals surface area contributed by atoms with Gasteiger partial charge in [0, 0.05) is 33.6 Å². The quantitative estimate of drug-likeness (QED) is 0.149. The summed E-state index contributed by atoms with van der Waals surface area (Å²) in [6.45, 7) is 2.14. The minimum Gasteiger partial charge on any atom is -0.456 e. The normalized spacial score (nSPS) is 11.6. The Morgan fingerprint density at radius 1 is 0.302 bits per heavy atom. The smallest absolute Gasteiger partial charge is 0.138 e. The third-order valence-corrected chi connectivity index (χ3v) is 12.8. The Kier molecular flexibility index (Phi) is 8.76. The maximum absolute atomic E-state index is 6.37. The number of furan rings is 1. The third-order valence-electron chi connectivity index (χ3n) is 12.8. The number of benzene rings is 11. The molecule has 0 radical (unpaired) electrons. The van der Waals surface area contributed by atoms with E-state index in [0.717, 1.165) is 56.0 Å². The zero-order valence-electron chi connectivity index (χ0n) is 34.8. The van der Waals surface area contributed by atoms with E-state index in [4.69, 9.17) is 4.42 Å². The molecule has 0 aliphatic carbocycles. The number of rotatable bonds is 7. The maximum Gasteiger partial charge on any atom is 0.138 e. The predicted octanol–water partition coefficient (Wildman–Crippen LogP) is 17.5. The lowest BCUT2D eigenvalue weighted by molar-refractivity contribution is 0.629. The summed E-state index contributed by atoms with van der Waals surface area (Å²) in [6, 6.07) is 83.6. The van der Waals surface area contributed by atoms with Crippen LogP contribution in [0.5, 0.6) is 0 Å². The summed E-state index contributed by atoms with van der Waals surface area (Å²) in [6.07, 6.45) is 0. The first-order chi connectivity index (χ1) is 31.1. The number of hydrogen-bond acceptors (Lipinski definition) is 2. The van der Waals surface area contributed by atoms with Crippen LogP contribution < -0.4 is 4.90 Å². The van der Waals surface area contributed by atoms with Gasteiger partial charge in [-0.1, -0.05) is 170 Å². The van der Waals surface area contributed by atoms with Crippen LogP contribution in [-0.4, -0.2) is 0 Å². The van der Waals surface area contributed by atoms with Crippen molar-refractivity contribution in [2.24, 2.45) is 0 Å². The lowest BCUT2D eigenvalue weighted by atomic mass is 9.93. The second-order valence-electron chi connectivity index (χ2n) is 16.5. The Labute approximate surface area is 366 Å². The Morgan fingerprint density at radius 2 is 0.714 bits per heavy atom. The van der Waals surface area contributed by atoms with Crippen molar-refractivity contribution in [3.8, 4) is 44.7 Å². The van der Waals surface area contributed by atoms with Gasteiger partial charge in [-0.3, -0.25) is 0 Å². The van der Waals surface area contributed by atoms with Crippen LogP contribution in [0.25, 0.3) is 98.8 Å². The average Bonchev–Trinajstić information content (AvgIpc) is 3.70. The lowest BCUT2D eigenvalue weighted by Crippen LogP contribution is -2.09. The number of aryl methyl sites for hydroxylation is 1. The molecule has 63 heavy (non-hydrogen) atoms. The average molecular weight is 804 g/mol. The Morgan fingerprint density at radius 3 is 1.22 bits per heavy atom. The summed E-state index contributed by atoms with van der Waals surface area (Å²) in [5, 5.41) is 11.3. The van der Waals surface area contributed by atoms with Crippen molar-refractivity contribution >= 4 is 71.1 Å². The van der Waals surface area contributed by atoms with E-state index in [-0.39, 0.29) is 0 Å². The standard InChI is InChI=1S/C61H41NO/c1-40-51-17-10-11-24-60(51)63-61(40)47-16-12-15-44(37-47)41-25-31-48(32-26-41)62(49-33-27-42(28-34-49)58-38-45-13-2-4-18-52(45)54-20-6-8-22-56(54)58)50-35-29-43(30-36-50)59-39-46-14-3-5-19-53(46)55-21-7-9-23-57(55)59/h2-39H,1H3. The minimum absolute atomic E-state index is 0.914. The van der Waals surface area contributed by atoms with Crippen LogP contribution in [0.3, 0.4) is 0 Å². The van der Waals surface area contributed by atoms with Crippen molar-refractivity contribution in [2.45, 2.75) is 6.92 Å². The number of para-hydroxylation sites is 1. The highest BCUT2D eigenvalue weighted by molar-refractivity contribution is 6.15. The highest BCUT2D eigenvalue weighted by Crippen LogP contribution is 2.42. The van der Waals surface area contributed by atoms with E-state index >= 15 is 0 Å². The zero-order valence-corrected chi connectivity index (χ0v) is 34.8. The van der Waals surface area contributed by atoms with Crippen molar-refractivity contribution in [1.29, 1.82) is 0 Å². The molecule has 12 rings (SSSR count). The molecule has 0 N–H and O–H groups in total. The molecule has 296 valence electrons. The monoisotopic (exact) mass is 803 g/mol. The van der Waals surface area contributed by atoms with E-state index in [1.165, 1.54) is 65.3 Å². The molecule has 11 aromatic carbocycles. The van der Waals surface area contributed by atoms with Gasteiger partial charge in [-0.25, -0.2) is 0 Å². The van der Waals surface area contributed by atoms with Gasteiger partial charge in [0.15, 0.2) is 0 Å². The Balaban J connectivity index is 0.947. The molecule has 0 spiro atoms. The Bertz CT molecular complexity index is 3510. The highest BCUT2D eigenvalue weighted by atomic mass is 16.3. The van der Waals surface area contributed by atoms with Gasteiger partial charge >= 0.3 is 0 Å². The Hall–Kier alpha value is -8.20. The second-order valence-corrected chi connectivity index (χ2v) is 16.5. The molecular weight excluding hydrogens is 763 g/mol. The molecule has 0 fully saturated rings. The van der Waals surface area contributed by atoms with Crippen LogP contribution in [0.4, 0.5) is 17.1 Å². The van der Waals surface area contributed by atoms with Gasteiger partial charge in [0.1, 0.15) is 11.3 Å². The molecule has 1 aromatic heterocycles. The molecule has 2 heteroatoms. The minimum atomic E-state index is 0.914. The fourth-order valence-electron chi connectivity index (χ4n) is 9.71. The summed E-state index contributed by atoms with van der Waals surface area (Å²) < 4.78 is 6.37. The molecule has 0 bridgehead atoms. The first kappa shape index (κ1) is 36.6. The maximum atomic E-state index is 6.37. The molecule has 0 aliphatic rings. The van der Waals surface area contributed by atoms with Gasteiger partial charge in [-0.2, -0.15) is 0 Å². The molecule has 0 saturated carbocycles. The van der Waals surface area contributed by atoms with Crippen LogP contribution in [-0.2, 0) is 0 Å². The van der Waals surface area contributed by atoms with Gasteiger partial charge in [0.2, 0.25) is 0 Å². The highest BCUT2D eigenvalue weighted by Gasteiger charge is 2.17. The van der Waals surface area contributed by atoms with Crippen molar-refractivity contribution in [3.05, 3.63) is 236 Å². The molecule has 1 heterocycles. The van der Waals surface area contributed by atoms with Crippen molar-refractivity contribution < 1.29 is 4.42 Å². The van der Waals surface area contributed by atoms with Crippen LogP contribution in [0.2, 0.25) is 0 Å². The van der Waals surface area contributed by atoms with Gasteiger partial charge in [0.05, 0.1) is 0 Å². The molecule has 0 aliphatic heterocycles. The van der Waals surface area contributed by atoms with Crippen molar-refractivity contribution in [2.75, 3.05) is 4.90 Å². The van der Waals surface area contributed by atoms with E-state index in [9.17, 15) is 0 Å². The summed E-state index contributed by atoms with van der Waals surface area (Å²) in [7, 11) is 0. The molecule has 0 amide bonds. The number of hydrogen-bond donors (Lipinski definition) is 0. The van der Waals surface area contributed by atoms with Gasteiger partial charge in [0.25, 0.3) is 0 Å². The SMILES string of the molecule is Cc1c(-c2cccc(-c3ccc(N(c4ccc(-c5cc6ccccc6c6ccccc56)cc4)c4ccc(-c5cc6ccccc6c6ccccc56)cc4)cc3)c2)oc2ccccc12. The van der Waals surface area contributed by atoms with Crippen LogP contribution in [0, 0.1) is 6.92 Å². The largest absolute Gasteiger partial charge is 0.456 e. The zero-order chi connectivity index (χ0) is 41.9. The van der Waals surface area contributed by atoms with E-state index in [0.29, 0.717) is 0 Å². The van der Waals surface area contributed by atoms with Crippen molar-refractivity contribution in [3.63, 3.8) is 0 Å². The summed E-state index contributed by atoms with van der Waals surface area (Å²) in [4.78, 5) is 2.36. The number of anilines is 3. The summed E-state index contributed by atoms with van der Waals surface area (Å²) in [5.74, 6) is 0.918. The first-order valence-electron chi connectivity index (χ1n) is 21.7. The first-order valence-corrected chi connectivity index (χ1v) is 21.7. The van der Waals surface area contributed by atoms with E-state index in [1.54, 1.807) is 0 Å². The van der Waals surface area contributed by atoms with Crippen LogP contribution in [0.15, 0.2) is 235 Å². The van der Waals surface area contributed by atoms with Gasteiger partial charge in [-0.05, 0) is 144 Å². The topological polar surface area (TPSA) is 16.4 Å². The van der Waals surface area contributed by atoms with Crippen LogP contribution >= 0.6 is 0 Å². The molecule has 2 nitrogen and oxygen atoms in total. The summed E-state index contributed by atoms with van der Waals surface area (Å²) >= 11 is 0. The van der Waals surface area contributed by atoms with E-state index in [1.807, 2.05) is 12.1 Å². The molecule has 12 aromatic rings. The lowest BCUT2D eigenvalue weighted by Gasteiger charge is -2.26.